The van der Waals surface area contributed by atoms with Crippen LogP contribution in [0, 0.1) is 11.8 Å². The van der Waals surface area contributed by atoms with Gasteiger partial charge >= 0.3 is 0 Å². The van der Waals surface area contributed by atoms with Crippen molar-refractivity contribution in [3.63, 3.8) is 0 Å². The van der Waals surface area contributed by atoms with Gasteiger partial charge < -0.3 is 10.2 Å². The zero-order valence-electron chi connectivity index (χ0n) is 13.4. The van der Waals surface area contributed by atoms with E-state index in [0.29, 0.717) is 6.04 Å². The van der Waals surface area contributed by atoms with Crippen molar-refractivity contribution in [1.29, 1.82) is 0 Å². The summed E-state index contributed by atoms with van der Waals surface area (Å²) in [5.41, 5.74) is 0. The second kappa shape index (κ2) is 7.05. The molecule has 0 radical (unpaired) electrons. The summed E-state index contributed by atoms with van der Waals surface area (Å²) < 4.78 is 0. The van der Waals surface area contributed by atoms with Crippen LogP contribution in [0.3, 0.4) is 0 Å². The first-order valence-electron chi connectivity index (χ1n) is 8.24. The number of nitrogens with one attached hydrogen (secondary N) is 1. The van der Waals surface area contributed by atoms with Crippen LogP contribution in [0.4, 0.5) is 0 Å². The third kappa shape index (κ3) is 5.05. The summed E-state index contributed by atoms with van der Waals surface area (Å²) in [6.45, 7) is 9.32. The molecule has 0 aromatic heterocycles. The molecule has 0 bridgehead atoms. The van der Waals surface area contributed by atoms with Crippen molar-refractivity contribution >= 4 is 0 Å². The van der Waals surface area contributed by atoms with E-state index in [0.717, 1.165) is 31.0 Å². The topological polar surface area (TPSA) is 18.5 Å². The first-order valence-corrected chi connectivity index (χ1v) is 8.24. The SMILES string of the molecule is CCN(CCNC(C1CC1)C1CC1)C(C)CN(C)C. The molecule has 0 aromatic rings. The number of likely N-dealkylation sites (N-methyl/N-ethyl adjacent to an activating group) is 2. The van der Waals surface area contributed by atoms with Gasteiger partial charge in [0.25, 0.3) is 0 Å². The van der Waals surface area contributed by atoms with Crippen LogP contribution in [0.2, 0.25) is 0 Å². The number of hydrogen-bond acceptors (Lipinski definition) is 3. The van der Waals surface area contributed by atoms with Crippen molar-refractivity contribution < 1.29 is 0 Å². The minimum absolute atomic E-state index is 0.655. The van der Waals surface area contributed by atoms with Gasteiger partial charge in [-0.05, 0) is 65.1 Å². The molecule has 0 spiro atoms. The average Bonchev–Trinajstić information content (AvgIpc) is 3.22. The standard InChI is InChI=1S/C16H33N3/c1-5-19(13(2)12-18(3)4)11-10-17-16(14-6-7-14)15-8-9-15/h13-17H,5-12H2,1-4H3. The van der Waals surface area contributed by atoms with Crippen molar-refractivity contribution in [3.05, 3.63) is 0 Å². The third-order valence-electron chi connectivity index (χ3n) is 4.70. The highest BCUT2D eigenvalue weighted by molar-refractivity contribution is 4.96. The Morgan fingerprint density at radius 3 is 2.11 bits per heavy atom. The molecule has 2 rings (SSSR count). The third-order valence-corrected chi connectivity index (χ3v) is 4.70. The largest absolute Gasteiger partial charge is 0.312 e. The van der Waals surface area contributed by atoms with Crippen LogP contribution < -0.4 is 5.32 Å². The van der Waals surface area contributed by atoms with Gasteiger partial charge in [-0.2, -0.15) is 0 Å². The maximum absolute atomic E-state index is 3.86. The number of rotatable bonds is 10. The van der Waals surface area contributed by atoms with Crippen molar-refractivity contribution in [3.8, 4) is 0 Å². The lowest BCUT2D eigenvalue weighted by Gasteiger charge is -2.30. The molecule has 2 saturated carbocycles. The van der Waals surface area contributed by atoms with Crippen LogP contribution in [0.15, 0.2) is 0 Å². The minimum atomic E-state index is 0.655. The van der Waals surface area contributed by atoms with Gasteiger partial charge in [0.15, 0.2) is 0 Å². The average molecular weight is 267 g/mol. The van der Waals surface area contributed by atoms with Gasteiger partial charge in [0, 0.05) is 31.7 Å². The van der Waals surface area contributed by atoms with E-state index in [2.05, 4.69) is 43.1 Å². The molecule has 1 atom stereocenters. The van der Waals surface area contributed by atoms with E-state index >= 15 is 0 Å². The Morgan fingerprint density at radius 1 is 1.11 bits per heavy atom. The highest BCUT2D eigenvalue weighted by Gasteiger charge is 2.40. The molecular formula is C16H33N3. The van der Waals surface area contributed by atoms with E-state index in [1.807, 2.05) is 0 Å². The van der Waals surface area contributed by atoms with E-state index < -0.39 is 0 Å². The Kier molecular flexibility index (Phi) is 5.67. The predicted octanol–water partition coefficient (Wildman–Crippen LogP) is 2.04. The second-order valence-electron chi connectivity index (χ2n) is 6.89. The molecule has 2 aliphatic rings. The molecule has 0 amide bonds. The predicted molar refractivity (Wildman–Crippen MR) is 82.5 cm³/mol. The van der Waals surface area contributed by atoms with Gasteiger partial charge in [-0.3, -0.25) is 4.90 Å². The molecule has 112 valence electrons. The molecular weight excluding hydrogens is 234 g/mol. The monoisotopic (exact) mass is 267 g/mol. The highest BCUT2D eigenvalue weighted by Crippen LogP contribution is 2.44. The van der Waals surface area contributed by atoms with Crippen LogP contribution in [0.1, 0.15) is 39.5 Å². The molecule has 3 nitrogen and oxygen atoms in total. The van der Waals surface area contributed by atoms with E-state index in [9.17, 15) is 0 Å². The van der Waals surface area contributed by atoms with E-state index in [1.165, 1.54) is 38.8 Å². The van der Waals surface area contributed by atoms with Crippen LogP contribution in [0.25, 0.3) is 0 Å². The summed E-state index contributed by atoms with van der Waals surface area (Å²) in [5.74, 6) is 2.03. The smallest absolute Gasteiger partial charge is 0.0195 e. The van der Waals surface area contributed by atoms with Crippen LogP contribution in [-0.2, 0) is 0 Å². The molecule has 1 N–H and O–H groups in total. The summed E-state index contributed by atoms with van der Waals surface area (Å²) in [5, 5.41) is 3.86. The van der Waals surface area contributed by atoms with Crippen LogP contribution >= 0.6 is 0 Å². The van der Waals surface area contributed by atoms with Gasteiger partial charge in [-0.25, -0.2) is 0 Å². The first kappa shape index (κ1) is 15.3. The van der Waals surface area contributed by atoms with E-state index in [1.54, 1.807) is 0 Å². The fourth-order valence-electron chi connectivity index (χ4n) is 3.34. The maximum Gasteiger partial charge on any atom is 0.0195 e. The molecule has 3 heteroatoms. The molecule has 0 saturated heterocycles. The van der Waals surface area contributed by atoms with Crippen molar-refractivity contribution in [2.75, 3.05) is 40.3 Å². The summed E-state index contributed by atoms with van der Waals surface area (Å²) in [4.78, 5) is 4.89. The van der Waals surface area contributed by atoms with E-state index in [4.69, 9.17) is 0 Å². The Labute approximate surface area is 119 Å². The molecule has 2 aliphatic carbocycles. The molecule has 19 heavy (non-hydrogen) atoms. The van der Waals surface area contributed by atoms with Gasteiger partial charge in [0.2, 0.25) is 0 Å². The first-order chi connectivity index (χ1) is 9.11. The quantitative estimate of drug-likeness (QED) is 0.653. The van der Waals surface area contributed by atoms with Crippen LogP contribution in [-0.4, -0.2) is 62.2 Å². The lowest BCUT2D eigenvalue weighted by Crippen LogP contribution is -2.45. The highest BCUT2D eigenvalue weighted by atomic mass is 15.2. The zero-order valence-corrected chi connectivity index (χ0v) is 13.4. The molecule has 0 aromatic carbocycles. The maximum atomic E-state index is 3.86. The van der Waals surface area contributed by atoms with Gasteiger partial charge in [0.05, 0.1) is 0 Å². The Hall–Kier alpha value is -0.120. The van der Waals surface area contributed by atoms with Gasteiger partial charge in [-0.15, -0.1) is 0 Å². The fraction of sp³-hybridized carbons (Fsp3) is 1.00. The normalized spacial score (nSPS) is 21.6. The molecule has 0 heterocycles. The van der Waals surface area contributed by atoms with Crippen molar-refractivity contribution in [2.24, 2.45) is 11.8 Å². The van der Waals surface area contributed by atoms with Crippen molar-refractivity contribution in [2.45, 2.75) is 51.6 Å². The van der Waals surface area contributed by atoms with Crippen molar-refractivity contribution in [1.82, 2.24) is 15.1 Å². The number of hydrogen-bond donors (Lipinski definition) is 1. The van der Waals surface area contributed by atoms with Gasteiger partial charge in [0.1, 0.15) is 0 Å². The molecule has 0 aliphatic heterocycles. The minimum Gasteiger partial charge on any atom is -0.312 e. The number of nitrogens with zero attached hydrogens (tertiary/aromatic N) is 2. The molecule has 2 fully saturated rings. The Balaban J connectivity index is 1.66. The van der Waals surface area contributed by atoms with Crippen LogP contribution in [0.5, 0.6) is 0 Å². The Bertz CT molecular complexity index is 247. The lowest BCUT2D eigenvalue weighted by molar-refractivity contribution is 0.179. The zero-order chi connectivity index (χ0) is 13.8. The van der Waals surface area contributed by atoms with E-state index in [-0.39, 0.29) is 0 Å². The lowest BCUT2D eigenvalue weighted by atomic mass is 10.1. The summed E-state index contributed by atoms with van der Waals surface area (Å²) in [6.07, 6.45) is 5.90. The second-order valence-corrected chi connectivity index (χ2v) is 6.89. The summed E-state index contributed by atoms with van der Waals surface area (Å²) in [6, 6.07) is 1.50. The summed E-state index contributed by atoms with van der Waals surface area (Å²) in [7, 11) is 4.33. The molecule has 1 unspecified atom stereocenters. The van der Waals surface area contributed by atoms with Gasteiger partial charge in [-0.1, -0.05) is 6.92 Å². The fourth-order valence-corrected chi connectivity index (χ4v) is 3.34. The summed E-state index contributed by atoms with van der Waals surface area (Å²) >= 11 is 0. The Morgan fingerprint density at radius 2 is 1.68 bits per heavy atom.